The molecule has 0 aliphatic carbocycles. The first-order valence-corrected chi connectivity index (χ1v) is 10.2. The number of ketones is 1. The van der Waals surface area contributed by atoms with Crippen LogP contribution < -0.4 is 5.32 Å². The topological polar surface area (TPSA) is 29.1 Å². The van der Waals surface area contributed by atoms with Gasteiger partial charge in [0.25, 0.3) is 0 Å². The second-order valence-electron chi connectivity index (χ2n) is 7.61. The summed E-state index contributed by atoms with van der Waals surface area (Å²) in [5.41, 5.74) is 3.86. The maximum absolute atomic E-state index is 12.8. The first-order valence-electron chi connectivity index (χ1n) is 9.33. The minimum atomic E-state index is -0.110. The van der Waals surface area contributed by atoms with Gasteiger partial charge in [0, 0.05) is 11.2 Å². The van der Waals surface area contributed by atoms with Gasteiger partial charge in [0.2, 0.25) is 0 Å². The van der Waals surface area contributed by atoms with Crippen molar-refractivity contribution in [1.29, 1.82) is 0 Å². The van der Waals surface area contributed by atoms with Gasteiger partial charge in [-0.15, -0.1) is 11.3 Å². The molecule has 1 heterocycles. The Kier molecular flexibility index (Phi) is 6.27. The molecule has 3 rings (SSSR count). The number of allylic oxidation sites excluding steroid dienone is 3. The highest BCUT2D eigenvalue weighted by Gasteiger charge is 2.14. The molecular formula is C25H25NOS. The monoisotopic (exact) mass is 387 g/mol. The van der Waals surface area contributed by atoms with E-state index in [9.17, 15) is 4.79 Å². The van der Waals surface area contributed by atoms with E-state index in [-0.39, 0.29) is 11.3 Å². The zero-order valence-electron chi connectivity index (χ0n) is 16.5. The second kappa shape index (κ2) is 8.85. The number of carbonyl (C=O) groups is 1. The van der Waals surface area contributed by atoms with Crippen LogP contribution in [0.15, 0.2) is 90.3 Å². The highest BCUT2D eigenvalue weighted by atomic mass is 32.1. The van der Waals surface area contributed by atoms with Crippen LogP contribution in [0.5, 0.6) is 0 Å². The second-order valence-corrected chi connectivity index (χ2v) is 8.55. The molecule has 0 atom stereocenters. The molecule has 142 valence electrons. The molecule has 0 unspecified atom stereocenters. The van der Waals surface area contributed by atoms with Crippen LogP contribution in [-0.4, -0.2) is 11.3 Å². The smallest absolute Gasteiger partial charge is 0.196 e. The lowest BCUT2D eigenvalue weighted by Crippen LogP contribution is -2.34. The summed E-state index contributed by atoms with van der Waals surface area (Å²) < 4.78 is 0. The first-order chi connectivity index (χ1) is 13.4. The molecule has 0 saturated heterocycles. The fraction of sp³-hybridized carbons (Fsp3) is 0.160. The summed E-state index contributed by atoms with van der Waals surface area (Å²) in [6, 6.07) is 24.0. The predicted octanol–water partition coefficient (Wildman–Crippen LogP) is 6.44. The summed E-state index contributed by atoms with van der Waals surface area (Å²) in [6.07, 6.45) is 3.80. The lowest BCUT2D eigenvalue weighted by atomic mass is 9.99. The molecule has 3 heteroatoms. The Labute approximate surface area is 171 Å². The number of rotatable bonds is 6. The first kappa shape index (κ1) is 19.8. The summed E-state index contributed by atoms with van der Waals surface area (Å²) in [5.74, 6) is 0.0215. The third-order valence-corrected chi connectivity index (χ3v) is 4.94. The molecule has 0 aliphatic rings. The predicted molar refractivity (Wildman–Crippen MR) is 120 cm³/mol. The molecule has 0 radical (unpaired) electrons. The highest BCUT2D eigenvalue weighted by Crippen LogP contribution is 2.24. The number of benzene rings is 2. The van der Waals surface area contributed by atoms with E-state index < -0.39 is 0 Å². The van der Waals surface area contributed by atoms with Crippen molar-refractivity contribution in [3.8, 4) is 0 Å². The van der Waals surface area contributed by atoms with Gasteiger partial charge in [0.15, 0.2) is 5.78 Å². The van der Waals surface area contributed by atoms with E-state index in [1.807, 2.05) is 66.0 Å². The Morgan fingerprint density at radius 3 is 1.96 bits per heavy atom. The Morgan fingerprint density at radius 1 is 0.821 bits per heavy atom. The molecule has 28 heavy (non-hydrogen) atoms. The fourth-order valence-electron chi connectivity index (χ4n) is 2.84. The van der Waals surface area contributed by atoms with Gasteiger partial charge in [-0.25, -0.2) is 0 Å². The normalized spacial score (nSPS) is 12.7. The van der Waals surface area contributed by atoms with Crippen LogP contribution in [0.2, 0.25) is 0 Å². The average Bonchev–Trinajstić information content (AvgIpc) is 3.22. The van der Waals surface area contributed by atoms with Gasteiger partial charge in [-0.2, -0.15) is 0 Å². The van der Waals surface area contributed by atoms with Gasteiger partial charge < -0.3 is 5.32 Å². The van der Waals surface area contributed by atoms with Gasteiger partial charge >= 0.3 is 0 Å². The summed E-state index contributed by atoms with van der Waals surface area (Å²) >= 11 is 1.46. The molecule has 0 fully saturated rings. The fourth-order valence-corrected chi connectivity index (χ4v) is 3.47. The lowest BCUT2D eigenvalue weighted by molar-refractivity contribution is 0.105. The van der Waals surface area contributed by atoms with Gasteiger partial charge in [-0.05, 0) is 61.1 Å². The molecular weight excluding hydrogens is 362 g/mol. The minimum absolute atomic E-state index is 0.0215. The Morgan fingerprint density at radius 2 is 1.43 bits per heavy atom. The maximum Gasteiger partial charge on any atom is 0.196 e. The van der Waals surface area contributed by atoms with Crippen molar-refractivity contribution in [1.82, 2.24) is 5.32 Å². The van der Waals surface area contributed by atoms with Crippen LogP contribution in [0.4, 0.5) is 0 Å². The number of nitrogens with one attached hydrogen (secondary N) is 1. The van der Waals surface area contributed by atoms with Crippen LogP contribution in [0.1, 0.15) is 41.6 Å². The molecule has 0 amide bonds. The molecule has 0 aliphatic heterocycles. The molecule has 0 bridgehead atoms. The highest BCUT2D eigenvalue weighted by molar-refractivity contribution is 7.12. The standard InChI is InChI=1S/C25H25NOS/c1-25(2,3)26-22(20-13-8-5-9-14-20)17-21(19-11-6-4-7-12-19)18-23(27)24-15-10-16-28-24/h4-18,26H,1-3H3/b21-18+,22-17-. The molecule has 1 aromatic heterocycles. The summed E-state index contributed by atoms with van der Waals surface area (Å²) in [6.45, 7) is 6.39. The van der Waals surface area contributed by atoms with E-state index in [4.69, 9.17) is 0 Å². The Bertz CT molecular complexity index is 962. The summed E-state index contributed by atoms with van der Waals surface area (Å²) in [5, 5.41) is 5.52. The third kappa shape index (κ3) is 5.54. The van der Waals surface area contributed by atoms with E-state index in [1.165, 1.54) is 11.3 Å². The van der Waals surface area contributed by atoms with E-state index >= 15 is 0 Å². The van der Waals surface area contributed by atoms with Crippen molar-refractivity contribution in [3.05, 3.63) is 106 Å². The van der Waals surface area contributed by atoms with Gasteiger partial charge in [-0.3, -0.25) is 4.79 Å². The van der Waals surface area contributed by atoms with Crippen molar-refractivity contribution in [2.45, 2.75) is 26.3 Å². The van der Waals surface area contributed by atoms with Gasteiger partial charge in [-0.1, -0.05) is 66.7 Å². The minimum Gasteiger partial charge on any atom is -0.380 e. The molecule has 3 aromatic rings. The van der Waals surface area contributed by atoms with Crippen molar-refractivity contribution in [2.75, 3.05) is 0 Å². The maximum atomic E-state index is 12.8. The number of hydrogen-bond donors (Lipinski definition) is 1. The van der Waals surface area contributed by atoms with Crippen molar-refractivity contribution in [2.24, 2.45) is 0 Å². The van der Waals surface area contributed by atoms with Crippen LogP contribution in [0, 0.1) is 0 Å². The number of hydrogen-bond acceptors (Lipinski definition) is 3. The van der Waals surface area contributed by atoms with Crippen LogP contribution in [-0.2, 0) is 0 Å². The summed E-state index contributed by atoms with van der Waals surface area (Å²) in [4.78, 5) is 13.5. The van der Waals surface area contributed by atoms with E-state index in [2.05, 4.69) is 44.3 Å². The van der Waals surface area contributed by atoms with Crippen molar-refractivity contribution >= 4 is 28.4 Å². The molecule has 2 aromatic carbocycles. The molecule has 1 N–H and O–H groups in total. The zero-order chi connectivity index (χ0) is 20.0. The quantitative estimate of drug-likeness (QED) is 0.299. The largest absolute Gasteiger partial charge is 0.380 e. The Hall–Kier alpha value is -2.91. The average molecular weight is 388 g/mol. The third-order valence-electron chi connectivity index (χ3n) is 4.05. The molecule has 2 nitrogen and oxygen atoms in total. The van der Waals surface area contributed by atoms with Crippen LogP contribution >= 0.6 is 11.3 Å². The van der Waals surface area contributed by atoms with Crippen molar-refractivity contribution < 1.29 is 4.79 Å². The SMILES string of the molecule is CC(C)(C)N/C(=C\C(=C/C(=O)c1cccs1)c1ccccc1)c1ccccc1. The van der Waals surface area contributed by atoms with E-state index in [1.54, 1.807) is 6.08 Å². The molecule has 0 spiro atoms. The Balaban J connectivity index is 2.10. The number of thiophene rings is 1. The van der Waals surface area contributed by atoms with Crippen LogP contribution in [0.25, 0.3) is 11.3 Å². The van der Waals surface area contributed by atoms with E-state index in [0.29, 0.717) is 0 Å². The zero-order valence-corrected chi connectivity index (χ0v) is 17.3. The number of carbonyl (C=O) groups excluding carboxylic acids is 1. The van der Waals surface area contributed by atoms with Gasteiger partial charge in [0.05, 0.1) is 4.88 Å². The lowest BCUT2D eigenvalue weighted by Gasteiger charge is -2.25. The summed E-state index contributed by atoms with van der Waals surface area (Å²) in [7, 11) is 0. The van der Waals surface area contributed by atoms with Gasteiger partial charge in [0.1, 0.15) is 0 Å². The van der Waals surface area contributed by atoms with Crippen molar-refractivity contribution in [3.63, 3.8) is 0 Å². The van der Waals surface area contributed by atoms with Crippen LogP contribution in [0.3, 0.4) is 0 Å². The van der Waals surface area contributed by atoms with E-state index in [0.717, 1.165) is 27.3 Å². The molecule has 0 saturated carbocycles.